The zero-order chi connectivity index (χ0) is 16.7. The summed E-state index contributed by atoms with van der Waals surface area (Å²) in [5.41, 5.74) is 3.55. The van der Waals surface area contributed by atoms with Crippen molar-refractivity contribution in [3.8, 4) is 0 Å². The van der Waals surface area contributed by atoms with E-state index in [1.165, 1.54) is 12.8 Å². The van der Waals surface area contributed by atoms with Crippen molar-refractivity contribution >= 4 is 11.6 Å². The lowest BCUT2D eigenvalue weighted by molar-refractivity contribution is -0.0296. The van der Waals surface area contributed by atoms with Gasteiger partial charge >= 0.3 is 0 Å². The summed E-state index contributed by atoms with van der Waals surface area (Å²) in [7, 11) is 0. The largest absolute Gasteiger partial charge is 0.375 e. The maximum absolute atomic E-state index is 12.7. The Morgan fingerprint density at radius 2 is 2.12 bits per heavy atom. The molecule has 2 aromatic heterocycles. The molecule has 1 saturated carbocycles. The lowest BCUT2D eigenvalue weighted by Gasteiger charge is -2.36. The number of amides is 1. The molecule has 1 aliphatic heterocycles. The Bertz CT molecular complexity index is 764. The molecule has 0 radical (unpaired) electrons. The number of carbonyl (C=O) groups excluding carboxylic acids is 1. The van der Waals surface area contributed by atoms with E-state index >= 15 is 0 Å². The van der Waals surface area contributed by atoms with Crippen LogP contribution in [0.15, 0.2) is 18.3 Å². The Balaban J connectivity index is 1.47. The number of hydrogen-bond acceptors (Lipinski definition) is 3. The van der Waals surface area contributed by atoms with Gasteiger partial charge in [-0.05, 0) is 64.5 Å². The van der Waals surface area contributed by atoms with Crippen LogP contribution in [0, 0.1) is 13.8 Å². The molecule has 3 heterocycles. The first-order valence-electron chi connectivity index (χ1n) is 8.96. The number of aryl methyl sites for hydroxylation is 2. The number of hydrogen-bond donors (Lipinski definition) is 1. The summed E-state index contributed by atoms with van der Waals surface area (Å²) in [5, 5.41) is 3.21. The van der Waals surface area contributed by atoms with Crippen molar-refractivity contribution in [1.82, 2.24) is 14.7 Å². The van der Waals surface area contributed by atoms with Gasteiger partial charge in [0, 0.05) is 30.2 Å². The average Bonchev–Trinajstić information content (AvgIpc) is 3.17. The van der Waals surface area contributed by atoms with Crippen molar-refractivity contribution in [2.75, 3.05) is 6.61 Å². The van der Waals surface area contributed by atoms with Gasteiger partial charge < -0.3 is 14.5 Å². The molecule has 2 fully saturated rings. The smallest absolute Gasteiger partial charge is 0.255 e. The van der Waals surface area contributed by atoms with Crippen molar-refractivity contribution in [3.63, 3.8) is 0 Å². The van der Waals surface area contributed by atoms with Crippen LogP contribution >= 0.6 is 0 Å². The molecule has 0 atom stereocenters. The van der Waals surface area contributed by atoms with E-state index in [0.717, 1.165) is 49.3 Å². The van der Waals surface area contributed by atoms with Crippen LogP contribution in [-0.2, 0) is 4.74 Å². The second kappa shape index (κ2) is 5.88. The molecular weight excluding hydrogens is 302 g/mol. The lowest BCUT2D eigenvalue weighted by atomic mass is 9.80. The molecule has 0 aromatic carbocycles. The zero-order valence-electron chi connectivity index (χ0n) is 14.5. The van der Waals surface area contributed by atoms with Crippen molar-refractivity contribution in [2.45, 2.75) is 64.0 Å². The van der Waals surface area contributed by atoms with Crippen molar-refractivity contribution in [3.05, 3.63) is 35.3 Å². The van der Waals surface area contributed by atoms with Crippen LogP contribution in [-0.4, -0.2) is 33.5 Å². The Hall–Kier alpha value is -1.88. The molecule has 128 valence electrons. The fourth-order valence-corrected chi connectivity index (χ4v) is 4.27. The van der Waals surface area contributed by atoms with Gasteiger partial charge in [0.1, 0.15) is 5.65 Å². The number of nitrogens with one attached hydrogen (secondary N) is 1. The second-order valence-electron chi connectivity index (χ2n) is 7.34. The summed E-state index contributed by atoms with van der Waals surface area (Å²) in [5.74, 6) is -0.0108. The third-order valence-electron chi connectivity index (χ3n) is 5.60. The van der Waals surface area contributed by atoms with Gasteiger partial charge in [0.2, 0.25) is 0 Å². The number of carbonyl (C=O) groups is 1. The van der Waals surface area contributed by atoms with Gasteiger partial charge in [0.05, 0.1) is 11.2 Å². The summed E-state index contributed by atoms with van der Waals surface area (Å²) >= 11 is 0. The van der Waals surface area contributed by atoms with Crippen LogP contribution in [0.3, 0.4) is 0 Å². The van der Waals surface area contributed by atoms with Crippen LogP contribution in [0.4, 0.5) is 0 Å². The molecule has 1 spiro atoms. The summed E-state index contributed by atoms with van der Waals surface area (Å²) in [6, 6.07) is 4.14. The summed E-state index contributed by atoms with van der Waals surface area (Å²) in [6.45, 7) is 4.90. The van der Waals surface area contributed by atoms with E-state index in [4.69, 9.17) is 4.74 Å². The van der Waals surface area contributed by atoms with Crippen LogP contribution in [0.2, 0.25) is 0 Å². The van der Waals surface area contributed by atoms with Gasteiger partial charge in [-0.2, -0.15) is 0 Å². The van der Waals surface area contributed by atoms with E-state index in [1.54, 1.807) is 0 Å². The molecule has 2 aromatic rings. The van der Waals surface area contributed by atoms with E-state index in [2.05, 4.69) is 10.3 Å². The molecule has 1 aliphatic carbocycles. The number of aromatic nitrogens is 2. The quantitative estimate of drug-likeness (QED) is 0.922. The van der Waals surface area contributed by atoms with Crippen LogP contribution in [0.5, 0.6) is 0 Å². The topological polar surface area (TPSA) is 55.6 Å². The Morgan fingerprint density at radius 1 is 1.33 bits per heavy atom. The highest BCUT2D eigenvalue weighted by molar-refractivity contribution is 6.00. The van der Waals surface area contributed by atoms with E-state index in [9.17, 15) is 4.79 Å². The lowest BCUT2D eigenvalue weighted by Crippen LogP contribution is -2.43. The molecule has 0 bridgehead atoms. The van der Waals surface area contributed by atoms with Crippen LogP contribution < -0.4 is 5.32 Å². The molecule has 5 nitrogen and oxygen atoms in total. The number of nitrogens with zero attached hydrogens (tertiary/aromatic N) is 2. The van der Waals surface area contributed by atoms with Gasteiger partial charge in [-0.3, -0.25) is 4.79 Å². The Kier molecular flexibility index (Phi) is 3.83. The molecule has 5 heteroatoms. The maximum Gasteiger partial charge on any atom is 0.255 e. The highest BCUT2D eigenvalue weighted by Gasteiger charge is 2.39. The van der Waals surface area contributed by atoms with E-state index in [1.807, 2.05) is 36.6 Å². The molecule has 1 N–H and O–H groups in total. The molecule has 4 rings (SSSR count). The number of ether oxygens (including phenoxy) is 1. The highest BCUT2D eigenvalue weighted by atomic mass is 16.5. The SMILES string of the molecule is Cc1cc(C)n2ccc(C(=O)NC3CCC4(CCCO4)CC3)c2n1. The Labute approximate surface area is 142 Å². The van der Waals surface area contributed by atoms with E-state index < -0.39 is 0 Å². The highest BCUT2D eigenvalue weighted by Crippen LogP contribution is 2.39. The second-order valence-corrected chi connectivity index (χ2v) is 7.34. The predicted molar refractivity (Wildman–Crippen MR) is 92.3 cm³/mol. The van der Waals surface area contributed by atoms with Gasteiger partial charge in [0.15, 0.2) is 0 Å². The van der Waals surface area contributed by atoms with Gasteiger partial charge in [0.25, 0.3) is 5.91 Å². The predicted octanol–water partition coefficient (Wildman–Crippen LogP) is 3.17. The first-order chi connectivity index (χ1) is 11.6. The first kappa shape index (κ1) is 15.6. The average molecular weight is 327 g/mol. The molecule has 2 aliphatic rings. The van der Waals surface area contributed by atoms with Crippen molar-refractivity contribution in [1.29, 1.82) is 0 Å². The van der Waals surface area contributed by atoms with Crippen molar-refractivity contribution in [2.24, 2.45) is 0 Å². The zero-order valence-corrected chi connectivity index (χ0v) is 14.5. The van der Waals surface area contributed by atoms with Gasteiger partial charge in [-0.1, -0.05) is 0 Å². The first-order valence-corrected chi connectivity index (χ1v) is 8.96. The monoisotopic (exact) mass is 327 g/mol. The molecule has 1 amide bonds. The minimum Gasteiger partial charge on any atom is -0.375 e. The van der Waals surface area contributed by atoms with Crippen LogP contribution in [0.25, 0.3) is 5.65 Å². The fourth-order valence-electron chi connectivity index (χ4n) is 4.27. The van der Waals surface area contributed by atoms with Crippen LogP contribution in [0.1, 0.15) is 60.3 Å². The summed E-state index contributed by atoms with van der Waals surface area (Å²) in [6.07, 6.45) is 8.41. The third-order valence-corrected chi connectivity index (χ3v) is 5.60. The molecule has 24 heavy (non-hydrogen) atoms. The molecular formula is C19H25N3O2. The van der Waals surface area contributed by atoms with E-state index in [0.29, 0.717) is 5.56 Å². The minimum atomic E-state index is -0.0108. The Morgan fingerprint density at radius 3 is 2.83 bits per heavy atom. The summed E-state index contributed by atoms with van der Waals surface area (Å²) < 4.78 is 7.94. The number of fused-ring (bicyclic) bond motifs is 1. The fraction of sp³-hybridized carbons (Fsp3) is 0.579. The number of rotatable bonds is 2. The van der Waals surface area contributed by atoms with E-state index in [-0.39, 0.29) is 17.6 Å². The van der Waals surface area contributed by atoms with Gasteiger partial charge in [-0.15, -0.1) is 0 Å². The molecule has 0 unspecified atom stereocenters. The van der Waals surface area contributed by atoms with Crippen molar-refractivity contribution < 1.29 is 9.53 Å². The normalized spacial score (nSPS) is 27.0. The molecule has 1 saturated heterocycles. The standard InChI is InChI=1S/C19H25N3O2/c1-13-12-14(2)22-10-6-16(17(22)20-13)18(23)21-15-4-8-19(9-5-15)7-3-11-24-19/h6,10,12,15H,3-5,7-9,11H2,1-2H3,(H,21,23). The summed E-state index contributed by atoms with van der Waals surface area (Å²) in [4.78, 5) is 17.3. The maximum atomic E-state index is 12.7. The third kappa shape index (κ3) is 2.71. The van der Waals surface area contributed by atoms with Gasteiger partial charge in [-0.25, -0.2) is 4.98 Å². The minimum absolute atomic E-state index is 0.0108.